The number of halogens is 2. The molecule has 0 bridgehead atoms. The van der Waals surface area contributed by atoms with Gasteiger partial charge in [-0.3, -0.25) is 0 Å². The third kappa shape index (κ3) is 3.56. The molecule has 16 heavy (non-hydrogen) atoms. The van der Waals surface area contributed by atoms with E-state index >= 15 is 0 Å². The monoisotopic (exact) mass is 228 g/mol. The first-order valence-electron chi connectivity index (χ1n) is 5.91. The quantitative estimate of drug-likeness (QED) is 0.369. The smallest absolute Gasteiger partial charge is 0.184 e. The average Bonchev–Trinajstić information content (AvgIpc) is 2.35. The lowest BCUT2D eigenvalue weighted by molar-refractivity contribution is -0.00918. The first kappa shape index (κ1) is 13.1. The Labute approximate surface area is 96.2 Å². The number of hydrogen-bond donors (Lipinski definition) is 0. The molecule has 0 aliphatic carbocycles. The topological polar surface area (TPSA) is 0 Å². The van der Waals surface area contributed by atoms with Gasteiger partial charge in [0.15, 0.2) is 5.69 Å². The Kier molecular flexibility index (Phi) is 5.39. The Morgan fingerprint density at radius 2 is 1.75 bits per heavy atom. The van der Waals surface area contributed by atoms with E-state index in [2.05, 4.69) is 6.92 Å². The molecule has 90 valence electrons. The zero-order chi connectivity index (χ0) is 11.9. The number of unbranched alkanes of at least 4 members (excludes halogenated alkanes) is 3. The molecule has 1 nitrogen and oxygen atoms in total. The highest BCUT2D eigenvalue weighted by Gasteiger charge is 2.31. The lowest BCUT2D eigenvalue weighted by atomic mass is 10.2. The van der Waals surface area contributed by atoms with Gasteiger partial charge >= 0.3 is 0 Å². The van der Waals surface area contributed by atoms with Crippen LogP contribution in [-0.2, 0) is 0 Å². The van der Waals surface area contributed by atoms with E-state index in [9.17, 15) is 8.87 Å². The van der Waals surface area contributed by atoms with E-state index in [1.165, 1.54) is 0 Å². The zero-order valence-corrected chi connectivity index (χ0v) is 9.83. The summed E-state index contributed by atoms with van der Waals surface area (Å²) < 4.78 is 26.0. The second-order valence-corrected chi connectivity index (χ2v) is 4.10. The van der Waals surface area contributed by atoms with Gasteiger partial charge in [0.2, 0.25) is 0 Å². The van der Waals surface area contributed by atoms with Crippen molar-refractivity contribution in [2.75, 3.05) is 13.3 Å². The van der Waals surface area contributed by atoms with Crippen LogP contribution in [0.2, 0.25) is 0 Å². The number of hydrogen-bond acceptors (Lipinski definition) is 0. The summed E-state index contributed by atoms with van der Waals surface area (Å²) in [4.78, 5) is 0. The van der Waals surface area contributed by atoms with E-state index in [-0.39, 0.29) is 6.54 Å². The summed E-state index contributed by atoms with van der Waals surface area (Å²) in [5.41, 5.74) is 0.404. The molecule has 0 spiro atoms. The molecule has 0 fully saturated rings. The second kappa shape index (κ2) is 6.59. The van der Waals surface area contributed by atoms with Crippen molar-refractivity contribution in [1.82, 2.24) is 4.71 Å². The molecule has 0 N–H and O–H groups in total. The fourth-order valence-electron chi connectivity index (χ4n) is 1.74. The molecule has 1 aromatic rings. The highest BCUT2D eigenvalue weighted by atomic mass is 19.2. The summed E-state index contributed by atoms with van der Waals surface area (Å²) in [6, 6.07) is 8.56. The molecule has 0 aliphatic rings. The highest BCUT2D eigenvalue weighted by molar-refractivity contribution is 5.39. The van der Waals surface area contributed by atoms with Crippen molar-refractivity contribution in [3.8, 4) is 0 Å². The van der Waals surface area contributed by atoms with Crippen molar-refractivity contribution in [2.24, 2.45) is 0 Å². The lowest BCUT2D eigenvalue weighted by Gasteiger charge is -2.22. The molecule has 0 aromatic heterocycles. The van der Waals surface area contributed by atoms with Crippen LogP contribution in [0.4, 0.5) is 14.6 Å². The van der Waals surface area contributed by atoms with E-state index < -0.39 is 11.5 Å². The van der Waals surface area contributed by atoms with Crippen LogP contribution in [0.25, 0.3) is 0 Å². The molecule has 1 aromatic carbocycles. The van der Waals surface area contributed by atoms with E-state index in [4.69, 9.17) is 0 Å². The van der Waals surface area contributed by atoms with Gasteiger partial charge in [-0.1, -0.05) is 42.7 Å². The third-order valence-corrected chi connectivity index (χ3v) is 2.77. The minimum Gasteiger partial charge on any atom is -0.184 e. The largest absolute Gasteiger partial charge is 0.261 e. The fourth-order valence-corrected chi connectivity index (χ4v) is 1.74. The molecule has 0 saturated heterocycles. The predicted octanol–water partition coefficient (Wildman–Crippen LogP) is 4.39. The minimum atomic E-state index is -1.09. The maximum absolute atomic E-state index is 14.2. The number of para-hydroxylation sites is 1. The first-order chi connectivity index (χ1) is 7.73. The molecular weight excluding hydrogens is 208 g/mol. The van der Waals surface area contributed by atoms with Gasteiger partial charge in [0.05, 0.1) is 0 Å². The highest BCUT2D eigenvalue weighted by Crippen LogP contribution is 2.24. The summed E-state index contributed by atoms with van der Waals surface area (Å²) in [6.45, 7) is 1.33. The summed E-state index contributed by atoms with van der Waals surface area (Å²) in [5, 5.41) is 0. The molecule has 1 atom stereocenters. The standard InChI is InChI=1S/C13H20F2N/c1-2-3-4-8-11-16(15,12-14)13-9-6-5-7-10-13/h5-7,9-10H,2-4,8,11-12H2,1H3/q+1. The first-order valence-corrected chi connectivity index (χ1v) is 5.91. The summed E-state index contributed by atoms with van der Waals surface area (Å²) in [6.07, 6.45) is 3.88. The van der Waals surface area contributed by atoms with Crippen molar-refractivity contribution in [1.29, 1.82) is 0 Å². The van der Waals surface area contributed by atoms with Crippen molar-refractivity contribution in [2.45, 2.75) is 32.6 Å². The molecule has 0 aliphatic heterocycles. The number of benzene rings is 1. The van der Waals surface area contributed by atoms with Gasteiger partial charge in [-0.05, 0) is 6.42 Å². The maximum Gasteiger partial charge on any atom is 0.261 e. The van der Waals surface area contributed by atoms with Crippen LogP contribution in [0.3, 0.4) is 0 Å². The normalized spacial score (nSPS) is 14.7. The second-order valence-electron chi connectivity index (χ2n) is 4.10. The van der Waals surface area contributed by atoms with E-state index in [1.54, 1.807) is 24.3 Å². The average molecular weight is 228 g/mol. The summed E-state index contributed by atoms with van der Waals surface area (Å²) in [5.74, 6) is 0. The van der Waals surface area contributed by atoms with Crippen LogP contribution in [0.15, 0.2) is 30.3 Å². The van der Waals surface area contributed by atoms with E-state index in [0.29, 0.717) is 5.69 Å². The van der Waals surface area contributed by atoms with Gasteiger partial charge in [-0.2, -0.15) is 4.39 Å². The molecule has 3 heteroatoms. The zero-order valence-electron chi connectivity index (χ0n) is 9.83. The van der Waals surface area contributed by atoms with Gasteiger partial charge in [-0.25, -0.2) is 0 Å². The predicted molar refractivity (Wildman–Crippen MR) is 64.3 cm³/mol. The van der Waals surface area contributed by atoms with Crippen LogP contribution in [0.1, 0.15) is 32.6 Å². The number of quaternary nitrogens is 1. The third-order valence-electron chi connectivity index (χ3n) is 2.77. The van der Waals surface area contributed by atoms with Gasteiger partial charge < -0.3 is 0 Å². The van der Waals surface area contributed by atoms with Crippen molar-refractivity contribution in [3.05, 3.63) is 30.3 Å². The Balaban J connectivity index is 2.56. The molecule has 1 rings (SSSR count). The maximum atomic E-state index is 14.2. The molecule has 0 heterocycles. The number of nitrogens with zero attached hydrogens (tertiary/aromatic N) is 1. The summed E-state index contributed by atoms with van der Waals surface area (Å²) in [7, 11) is 0. The van der Waals surface area contributed by atoms with E-state index in [1.807, 2.05) is 6.07 Å². The van der Waals surface area contributed by atoms with Crippen molar-refractivity contribution >= 4 is 5.69 Å². The van der Waals surface area contributed by atoms with Gasteiger partial charge in [0, 0.05) is 23.0 Å². The van der Waals surface area contributed by atoms with Crippen molar-refractivity contribution in [3.63, 3.8) is 0 Å². The van der Waals surface area contributed by atoms with Gasteiger partial charge in [0.1, 0.15) is 6.54 Å². The SMILES string of the molecule is CCCCCC[N+](F)(CF)c1ccccc1. The van der Waals surface area contributed by atoms with Gasteiger partial charge in [0.25, 0.3) is 6.80 Å². The van der Waals surface area contributed by atoms with Crippen LogP contribution >= 0.6 is 0 Å². The molecule has 0 radical (unpaired) electrons. The lowest BCUT2D eigenvalue weighted by Crippen LogP contribution is -2.40. The van der Waals surface area contributed by atoms with E-state index in [0.717, 1.165) is 25.7 Å². The van der Waals surface area contributed by atoms with Gasteiger partial charge in [-0.15, -0.1) is 0 Å². The molecule has 0 saturated carbocycles. The van der Waals surface area contributed by atoms with Crippen LogP contribution in [0, 0.1) is 0 Å². The Hall–Kier alpha value is -0.960. The molecule has 0 amide bonds. The number of rotatable bonds is 7. The Morgan fingerprint density at radius 3 is 2.31 bits per heavy atom. The molecule has 1 unspecified atom stereocenters. The Bertz CT molecular complexity index is 289. The number of alkyl halides is 1. The minimum absolute atomic E-state index is 0.223. The van der Waals surface area contributed by atoms with Crippen molar-refractivity contribution < 1.29 is 8.87 Å². The van der Waals surface area contributed by atoms with Crippen LogP contribution in [-0.4, -0.2) is 13.3 Å². The summed E-state index contributed by atoms with van der Waals surface area (Å²) >= 11 is 0. The Morgan fingerprint density at radius 1 is 1.06 bits per heavy atom. The van der Waals surface area contributed by atoms with Crippen LogP contribution in [0.5, 0.6) is 0 Å². The van der Waals surface area contributed by atoms with Crippen LogP contribution < -0.4 is 4.71 Å². The molecular formula is C13H20F2N+. The fraction of sp³-hybridized carbons (Fsp3) is 0.538.